The zero-order valence-electron chi connectivity index (χ0n) is 10.1. The Morgan fingerprint density at radius 3 is 2.59 bits per heavy atom. The third-order valence-electron chi connectivity index (χ3n) is 2.36. The van der Waals surface area contributed by atoms with Gasteiger partial charge in [0.1, 0.15) is 11.6 Å². The highest BCUT2D eigenvalue weighted by Gasteiger charge is 2.26. The van der Waals surface area contributed by atoms with E-state index in [1.807, 2.05) is 6.92 Å². The van der Waals surface area contributed by atoms with Gasteiger partial charge in [0.05, 0.1) is 11.2 Å². The average Bonchev–Trinajstić information content (AvgIpc) is 2.23. The first kappa shape index (κ1) is 13.6. The van der Waals surface area contributed by atoms with E-state index in [4.69, 9.17) is 0 Å². The number of benzene rings is 1. The average molecular weight is 242 g/mol. The third-order valence-corrected chi connectivity index (χ3v) is 2.36. The van der Waals surface area contributed by atoms with Crippen LogP contribution in [0.5, 0.6) is 0 Å². The molecule has 0 atom stereocenters. The summed E-state index contributed by atoms with van der Waals surface area (Å²) in [6.07, 6.45) is 0. The number of likely N-dealkylation sites (N-methyl/N-ethyl adjacent to an activating group) is 1. The molecule has 2 N–H and O–H groups in total. The van der Waals surface area contributed by atoms with Crippen LogP contribution in [0, 0.1) is 11.6 Å². The highest BCUT2D eigenvalue weighted by atomic mass is 19.1. The van der Waals surface area contributed by atoms with E-state index in [-0.39, 0.29) is 5.69 Å². The minimum atomic E-state index is -0.840. The Morgan fingerprint density at radius 2 is 2.00 bits per heavy atom. The number of anilines is 1. The van der Waals surface area contributed by atoms with Crippen molar-refractivity contribution in [1.29, 1.82) is 0 Å². The molecule has 0 aromatic heterocycles. The molecule has 0 bridgehead atoms. The second-order valence-corrected chi connectivity index (χ2v) is 4.23. The summed E-state index contributed by atoms with van der Waals surface area (Å²) in [6, 6.07) is 2.93. The Labute approximate surface area is 99.2 Å². The summed E-state index contributed by atoms with van der Waals surface area (Å²) in [6.45, 7) is 5.80. The van der Waals surface area contributed by atoms with Crippen molar-refractivity contribution in [3.63, 3.8) is 0 Å². The lowest BCUT2D eigenvalue weighted by Crippen LogP contribution is -2.49. The molecule has 0 aliphatic carbocycles. The van der Waals surface area contributed by atoms with E-state index >= 15 is 0 Å². The summed E-state index contributed by atoms with van der Waals surface area (Å²) in [4.78, 5) is 11.8. The van der Waals surface area contributed by atoms with Gasteiger partial charge < -0.3 is 10.6 Å². The molecule has 0 aliphatic heterocycles. The van der Waals surface area contributed by atoms with E-state index in [0.29, 0.717) is 6.54 Å². The molecule has 0 fully saturated rings. The van der Waals surface area contributed by atoms with Crippen molar-refractivity contribution in [3.05, 3.63) is 29.8 Å². The van der Waals surface area contributed by atoms with Gasteiger partial charge in [-0.05, 0) is 32.5 Å². The quantitative estimate of drug-likeness (QED) is 0.850. The van der Waals surface area contributed by atoms with Gasteiger partial charge in [-0.3, -0.25) is 4.79 Å². The van der Waals surface area contributed by atoms with Crippen LogP contribution in [0.2, 0.25) is 0 Å². The zero-order valence-corrected chi connectivity index (χ0v) is 10.1. The lowest BCUT2D eigenvalue weighted by atomic mass is 10.0. The standard InChI is InChI=1S/C12H16F2N2O/c1-4-15-12(2,3)11(17)16-10-7-8(13)5-6-9(10)14/h5-7,15H,4H2,1-3H3,(H,16,17). The molecule has 1 aromatic rings. The van der Waals surface area contributed by atoms with Crippen LogP contribution in [0.15, 0.2) is 18.2 Å². The van der Waals surface area contributed by atoms with Crippen LogP contribution in [0.1, 0.15) is 20.8 Å². The highest BCUT2D eigenvalue weighted by molar-refractivity contribution is 5.97. The Kier molecular flexibility index (Phi) is 4.17. The topological polar surface area (TPSA) is 41.1 Å². The van der Waals surface area contributed by atoms with Crippen LogP contribution < -0.4 is 10.6 Å². The van der Waals surface area contributed by atoms with Gasteiger partial charge in [0, 0.05) is 6.07 Å². The van der Waals surface area contributed by atoms with Gasteiger partial charge in [0.25, 0.3) is 0 Å². The largest absolute Gasteiger partial charge is 0.322 e. The summed E-state index contributed by atoms with van der Waals surface area (Å²) in [5, 5.41) is 5.31. The van der Waals surface area contributed by atoms with Crippen molar-refractivity contribution in [3.8, 4) is 0 Å². The number of carbonyl (C=O) groups excluding carboxylic acids is 1. The van der Waals surface area contributed by atoms with Gasteiger partial charge in [0.15, 0.2) is 0 Å². The fraction of sp³-hybridized carbons (Fsp3) is 0.417. The lowest BCUT2D eigenvalue weighted by molar-refractivity contribution is -0.121. The van der Waals surface area contributed by atoms with Crippen molar-refractivity contribution in [1.82, 2.24) is 5.32 Å². The molecular formula is C12H16F2N2O. The maximum absolute atomic E-state index is 13.3. The monoisotopic (exact) mass is 242 g/mol. The van der Waals surface area contributed by atoms with E-state index in [1.165, 1.54) is 0 Å². The summed E-state index contributed by atoms with van der Waals surface area (Å²) < 4.78 is 26.2. The predicted molar refractivity (Wildman–Crippen MR) is 62.7 cm³/mol. The summed E-state index contributed by atoms with van der Waals surface area (Å²) in [5.74, 6) is -1.67. The van der Waals surface area contributed by atoms with Crippen LogP contribution in [-0.2, 0) is 4.79 Å². The van der Waals surface area contributed by atoms with Crippen LogP contribution in [0.4, 0.5) is 14.5 Å². The second kappa shape index (κ2) is 5.23. The van der Waals surface area contributed by atoms with E-state index < -0.39 is 23.1 Å². The fourth-order valence-electron chi connectivity index (χ4n) is 1.39. The van der Waals surface area contributed by atoms with Gasteiger partial charge in [-0.1, -0.05) is 6.92 Å². The van der Waals surface area contributed by atoms with Crippen molar-refractivity contribution >= 4 is 11.6 Å². The van der Waals surface area contributed by atoms with Crippen molar-refractivity contribution in [2.75, 3.05) is 11.9 Å². The molecule has 0 unspecified atom stereocenters. The number of hydrogen-bond acceptors (Lipinski definition) is 2. The van der Waals surface area contributed by atoms with Gasteiger partial charge in [-0.15, -0.1) is 0 Å². The molecule has 94 valence electrons. The normalized spacial score (nSPS) is 11.4. The number of hydrogen-bond donors (Lipinski definition) is 2. The number of halogens is 2. The number of amides is 1. The summed E-state index contributed by atoms with van der Waals surface area (Å²) in [5.41, 5.74) is -0.992. The highest BCUT2D eigenvalue weighted by Crippen LogP contribution is 2.17. The maximum atomic E-state index is 13.3. The SMILES string of the molecule is CCNC(C)(C)C(=O)Nc1cc(F)ccc1F. The smallest absolute Gasteiger partial charge is 0.244 e. The van der Waals surface area contributed by atoms with Gasteiger partial charge in [0.2, 0.25) is 5.91 Å². The molecule has 0 aliphatic rings. The van der Waals surface area contributed by atoms with Crippen LogP contribution in [-0.4, -0.2) is 18.0 Å². The second-order valence-electron chi connectivity index (χ2n) is 4.23. The minimum Gasteiger partial charge on any atom is -0.322 e. The Balaban J connectivity index is 2.84. The summed E-state index contributed by atoms with van der Waals surface area (Å²) in [7, 11) is 0. The van der Waals surface area contributed by atoms with Crippen molar-refractivity contribution in [2.24, 2.45) is 0 Å². The van der Waals surface area contributed by atoms with E-state index in [2.05, 4.69) is 10.6 Å². The molecule has 1 rings (SSSR count). The minimum absolute atomic E-state index is 0.152. The first-order valence-electron chi connectivity index (χ1n) is 5.38. The molecule has 0 saturated carbocycles. The first-order valence-corrected chi connectivity index (χ1v) is 5.38. The fourth-order valence-corrected chi connectivity index (χ4v) is 1.39. The van der Waals surface area contributed by atoms with E-state index in [9.17, 15) is 13.6 Å². The molecule has 1 amide bonds. The zero-order chi connectivity index (χ0) is 13.1. The van der Waals surface area contributed by atoms with Crippen molar-refractivity contribution in [2.45, 2.75) is 26.3 Å². The van der Waals surface area contributed by atoms with Gasteiger partial charge in [-0.25, -0.2) is 8.78 Å². The molecule has 1 aromatic carbocycles. The molecule has 5 heteroatoms. The molecular weight excluding hydrogens is 226 g/mol. The molecule has 3 nitrogen and oxygen atoms in total. The molecule has 0 saturated heterocycles. The Morgan fingerprint density at radius 1 is 1.35 bits per heavy atom. The van der Waals surface area contributed by atoms with Crippen LogP contribution in [0.25, 0.3) is 0 Å². The Hall–Kier alpha value is -1.49. The molecule has 0 radical (unpaired) electrons. The number of carbonyl (C=O) groups is 1. The number of nitrogens with one attached hydrogen (secondary N) is 2. The maximum Gasteiger partial charge on any atom is 0.244 e. The number of rotatable bonds is 4. The molecule has 17 heavy (non-hydrogen) atoms. The van der Waals surface area contributed by atoms with E-state index in [0.717, 1.165) is 18.2 Å². The van der Waals surface area contributed by atoms with Crippen LogP contribution in [0.3, 0.4) is 0 Å². The van der Waals surface area contributed by atoms with Gasteiger partial charge in [-0.2, -0.15) is 0 Å². The Bertz CT molecular complexity index is 419. The molecule has 0 spiro atoms. The first-order chi connectivity index (χ1) is 7.86. The lowest BCUT2D eigenvalue weighted by Gasteiger charge is -2.24. The van der Waals surface area contributed by atoms with E-state index in [1.54, 1.807) is 13.8 Å². The summed E-state index contributed by atoms with van der Waals surface area (Å²) >= 11 is 0. The predicted octanol–water partition coefficient (Wildman–Crippen LogP) is 2.29. The van der Waals surface area contributed by atoms with Gasteiger partial charge >= 0.3 is 0 Å². The van der Waals surface area contributed by atoms with Crippen LogP contribution >= 0.6 is 0 Å². The third kappa shape index (κ3) is 3.49. The van der Waals surface area contributed by atoms with Crippen molar-refractivity contribution < 1.29 is 13.6 Å². The molecule has 0 heterocycles.